The van der Waals surface area contributed by atoms with Crippen molar-refractivity contribution < 1.29 is 0 Å². The quantitative estimate of drug-likeness (QED) is 0.138. The largest absolute Gasteiger partial charge is 0.264 e. The van der Waals surface area contributed by atoms with Gasteiger partial charge in [0.25, 0.3) is 0 Å². The molecule has 3 nitrogen and oxygen atoms in total. The molecule has 11 aromatic rings. The minimum atomic E-state index is 1.10. The van der Waals surface area contributed by atoms with Crippen LogP contribution in [-0.4, -0.2) is 15.0 Å². The van der Waals surface area contributed by atoms with Gasteiger partial charge in [-0.2, -0.15) is 0 Å². The molecule has 0 aliphatic heterocycles. The maximum absolute atomic E-state index is 4.34. The van der Waals surface area contributed by atoms with Gasteiger partial charge in [-0.25, -0.2) is 0 Å². The van der Waals surface area contributed by atoms with Crippen LogP contribution in [0.5, 0.6) is 0 Å². The lowest BCUT2D eigenvalue weighted by atomic mass is 9.90. The zero-order valence-corrected chi connectivity index (χ0v) is 36.2. The van der Waals surface area contributed by atoms with Gasteiger partial charge >= 0.3 is 0 Å². The SMILES string of the molecule is c1ccc(-c2ccc(-c3cc(-c4ccc(-c5cccnc5)cc4)cc(-c4ccc(-c5cc(-c6ccc(-c7cccnc7)cc6)cc(-c6ccc(-c7cccnc7)cc6)c5)cc4)c3)cc2)cc1. The molecule has 0 atom stereocenters. The molecule has 0 fully saturated rings. The van der Waals surface area contributed by atoms with Crippen LogP contribution in [0.3, 0.4) is 0 Å². The van der Waals surface area contributed by atoms with Crippen LogP contribution in [0.15, 0.2) is 262 Å². The Kier molecular flexibility index (Phi) is 11.0. The van der Waals surface area contributed by atoms with Crippen molar-refractivity contribution in [1.29, 1.82) is 0 Å². The Bertz CT molecular complexity index is 2930. The summed E-state index contributed by atoms with van der Waals surface area (Å²) in [6, 6.07) is 81.1. The molecule has 66 heavy (non-hydrogen) atoms. The average Bonchev–Trinajstić information content (AvgIpc) is 3.42. The van der Waals surface area contributed by atoms with Crippen LogP contribution in [0, 0.1) is 0 Å². The van der Waals surface area contributed by atoms with Crippen LogP contribution in [0.1, 0.15) is 0 Å². The minimum Gasteiger partial charge on any atom is -0.264 e. The van der Waals surface area contributed by atoms with Crippen molar-refractivity contribution in [3.05, 3.63) is 262 Å². The van der Waals surface area contributed by atoms with Crippen molar-refractivity contribution in [3.63, 3.8) is 0 Å². The fraction of sp³-hybridized carbons (Fsp3) is 0. The number of aromatic nitrogens is 3. The molecule has 0 saturated heterocycles. The summed E-state index contributed by atoms with van der Waals surface area (Å²) in [5, 5.41) is 0. The van der Waals surface area contributed by atoms with Crippen molar-refractivity contribution in [2.45, 2.75) is 0 Å². The van der Waals surface area contributed by atoms with E-state index >= 15 is 0 Å². The molecule has 0 aliphatic rings. The molecule has 3 aromatic heterocycles. The molecule has 11 rings (SSSR count). The summed E-state index contributed by atoms with van der Waals surface area (Å²) < 4.78 is 0. The summed E-state index contributed by atoms with van der Waals surface area (Å²) in [6.07, 6.45) is 11.2. The molecule has 0 aliphatic carbocycles. The van der Waals surface area contributed by atoms with Crippen LogP contribution in [0.4, 0.5) is 0 Å². The van der Waals surface area contributed by atoms with Crippen molar-refractivity contribution in [1.82, 2.24) is 15.0 Å². The van der Waals surface area contributed by atoms with Gasteiger partial charge in [0.1, 0.15) is 0 Å². The first-order valence-electron chi connectivity index (χ1n) is 22.3. The Labute approximate surface area is 386 Å². The second kappa shape index (κ2) is 18.1. The van der Waals surface area contributed by atoms with E-state index in [1.807, 2.05) is 55.4 Å². The lowest BCUT2D eigenvalue weighted by Gasteiger charge is -2.14. The summed E-state index contributed by atoms with van der Waals surface area (Å²) in [4.78, 5) is 13.0. The maximum atomic E-state index is 4.34. The molecule has 0 N–H and O–H groups in total. The monoisotopic (exact) mass is 841 g/mol. The predicted molar refractivity (Wildman–Crippen MR) is 274 cm³/mol. The van der Waals surface area contributed by atoms with Gasteiger partial charge < -0.3 is 0 Å². The lowest BCUT2D eigenvalue weighted by Crippen LogP contribution is -1.89. The fourth-order valence-corrected chi connectivity index (χ4v) is 8.76. The van der Waals surface area contributed by atoms with Gasteiger partial charge in [0.05, 0.1) is 0 Å². The number of benzene rings is 8. The Morgan fingerprint density at radius 2 is 0.333 bits per heavy atom. The summed E-state index contributed by atoms with van der Waals surface area (Å²) >= 11 is 0. The normalized spacial score (nSPS) is 11.0. The topological polar surface area (TPSA) is 38.7 Å². The van der Waals surface area contributed by atoms with Gasteiger partial charge in [0, 0.05) is 37.2 Å². The average molecular weight is 842 g/mol. The first kappa shape index (κ1) is 40.0. The van der Waals surface area contributed by atoms with Crippen LogP contribution in [0.2, 0.25) is 0 Å². The summed E-state index contributed by atoms with van der Waals surface area (Å²) in [5.74, 6) is 0. The number of pyridine rings is 3. The van der Waals surface area contributed by atoms with E-state index in [4.69, 9.17) is 0 Å². The van der Waals surface area contributed by atoms with Crippen LogP contribution in [0.25, 0.3) is 111 Å². The molecule has 0 bridgehead atoms. The second-order valence-electron chi connectivity index (χ2n) is 16.6. The number of hydrogen-bond donors (Lipinski definition) is 0. The Hall–Kier alpha value is -8.79. The van der Waals surface area contributed by atoms with E-state index in [1.165, 1.54) is 22.3 Å². The van der Waals surface area contributed by atoms with Gasteiger partial charge in [0.15, 0.2) is 0 Å². The van der Waals surface area contributed by atoms with E-state index in [2.05, 4.69) is 221 Å². The second-order valence-corrected chi connectivity index (χ2v) is 16.6. The lowest BCUT2D eigenvalue weighted by molar-refractivity contribution is 1.33. The molecule has 3 heterocycles. The van der Waals surface area contributed by atoms with Crippen LogP contribution < -0.4 is 0 Å². The third-order valence-electron chi connectivity index (χ3n) is 12.4. The molecular weight excluding hydrogens is 799 g/mol. The van der Waals surface area contributed by atoms with Crippen LogP contribution >= 0.6 is 0 Å². The van der Waals surface area contributed by atoms with E-state index in [1.54, 1.807) is 0 Å². The van der Waals surface area contributed by atoms with Gasteiger partial charge in [-0.3, -0.25) is 15.0 Å². The molecule has 0 amide bonds. The molecule has 0 saturated carbocycles. The molecular formula is C63H43N3. The Balaban J connectivity index is 0.966. The number of nitrogens with zero attached hydrogens (tertiary/aromatic N) is 3. The third-order valence-corrected chi connectivity index (χ3v) is 12.4. The molecule has 8 aromatic carbocycles. The standard InChI is InChI=1S/C63H43N3/c1-2-7-44(8-3-1)45-12-20-49(21-13-45)58-35-59(50-22-14-46(15-23-50)55-9-4-32-64-41-55)38-62(36-58)53-28-30-54(31-29-53)63-39-60(51-24-16-47(17-25-51)56-10-5-33-65-42-56)37-61(40-63)52-26-18-48(19-27-52)57-11-6-34-66-43-57/h1-43H. The minimum absolute atomic E-state index is 1.10. The Morgan fingerprint density at radius 1 is 0.152 bits per heavy atom. The van der Waals surface area contributed by atoms with Crippen molar-refractivity contribution in [2.24, 2.45) is 0 Å². The van der Waals surface area contributed by atoms with Gasteiger partial charge in [-0.05, 0) is 166 Å². The van der Waals surface area contributed by atoms with E-state index < -0.39 is 0 Å². The first-order chi connectivity index (χ1) is 32.7. The van der Waals surface area contributed by atoms with Gasteiger partial charge in [0.2, 0.25) is 0 Å². The van der Waals surface area contributed by atoms with E-state index in [0.717, 1.165) is 89.0 Å². The summed E-state index contributed by atoms with van der Waals surface area (Å²) in [5.41, 5.74) is 23.1. The van der Waals surface area contributed by atoms with Crippen molar-refractivity contribution >= 4 is 0 Å². The zero-order chi connectivity index (χ0) is 44.1. The Morgan fingerprint density at radius 3 is 0.545 bits per heavy atom. The van der Waals surface area contributed by atoms with E-state index in [0.29, 0.717) is 0 Å². The summed E-state index contributed by atoms with van der Waals surface area (Å²) in [7, 11) is 0. The third kappa shape index (κ3) is 8.62. The number of hydrogen-bond acceptors (Lipinski definition) is 3. The highest BCUT2D eigenvalue weighted by Gasteiger charge is 2.13. The highest BCUT2D eigenvalue weighted by molar-refractivity contribution is 5.86. The van der Waals surface area contributed by atoms with E-state index in [-0.39, 0.29) is 0 Å². The van der Waals surface area contributed by atoms with Crippen LogP contribution in [-0.2, 0) is 0 Å². The highest BCUT2D eigenvalue weighted by atomic mass is 14.6. The van der Waals surface area contributed by atoms with Crippen molar-refractivity contribution in [3.8, 4) is 111 Å². The first-order valence-corrected chi connectivity index (χ1v) is 22.3. The van der Waals surface area contributed by atoms with Gasteiger partial charge in [-0.1, -0.05) is 170 Å². The molecule has 310 valence electrons. The smallest absolute Gasteiger partial charge is 0.0346 e. The highest BCUT2D eigenvalue weighted by Crippen LogP contribution is 2.38. The molecule has 0 spiro atoms. The molecule has 0 radical (unpaired) electrons. The molecule has 0 unspecified atom stereocenters. The fourth-order valence-electron chi connectivity index (χ4n) is 8.76. The maximum Gasteiger partial charge on any atom is 0.0346 e. The van der Waals surface area contributed by atoms with Gasteiger partial charge in [-0.15, -0.1) is 0 Å². The zero-order valence-electron chi connectivity index (χ0n) is 36.2. The molecule has 3 heteroatoms. The predicted octanol–water partition coefficient (Wildman–Crippen LogP) is 16.5. The summed E-state index contributed by atoms with van der Waals surface area (Å²) in [6.45, 7) is 0. The van der Waals surface area contributed by atoms with E-state index in [9.17, 15) is 0 Å². The van der Waals surface area contributed by atoms with Crippen molar-refractivity contribution in [2.75, 3.05) is 0 Å². The number of rotatable bonds is 10.